The van der Waals surface area contributed by atoms with E-state index in [1.165, 1.54) is 45.2 Å². The zero-order valence-corrected chi connectivity index (χ0v) is 13.7. The van der Waals surface area contributed by atoms with E-state index in [4.69, 9.17) is 0 Å². The van der Waals surface area contributed by atoms with E-state index in [0.29, 0.717) is 24.1 Å². The standard InChI is InChI=1S/C17H34N2O/c1-4-18-16-14(8-10-17(16,2)3)13-19-11-6-5-7-15(19)9-12-20/h14-16,18,20H,4-13H2,1-3H3. The molecule has 3 heteroatoms. The van der Waals surface area contributed by atoms with Crippen LogP contribution in [0.2, 0.25) is 0 Å². The highest BCUT2D eigenvalue weighted by molar-refractivity contribution is 4.97. The molecular formula is C17H34N2O. The molecule has 1 aliphatic carbocycles. The highest BCUT2D eigenvalue weighted by Crippen LogP contribution is 2.42. The summed E-state index contributed by atoms with van der Waals surface area (Å²) in [6.07, 6.45) is 7.61. The number of aliphatic hydroxyl groups excluding tert-OH is 1. The SMILES string of the molecule is CCNC1C(CN2CCCCC2CCO)CCC1(C)C. The van der Waals surface area contributed by atoms with Crippen molar-refractivity contribution < 1.29 is 5.11 Å². The molecule has 20 heavy (non-hydrogen) atoms. The number of aliphatic hydroxyl groups is 1. The van der Waals surface area contributed by atoms with E-state index in [-0.39, 0.29) is 0 Å². The predicted octanol–water partition coefficient (Wildman–Crippen LogP) is 2.64. The third kappa shape index (κ3) is 3.75. The van der Waals surface area contributed by atoms with E-state index in [1.54, 1.807) is 0 Å². The monoisotopic (exact) mass is 282 g/mol. The maximum absolute atomic E-state index is 9.28. The van der Waals surface area contributed by atoms with Gasteiger partial charge in [-0.05, 0) is 56.5 Å². The van der Waals surface area contributed by atoms with Gasteiger partial charge >= 0.3 is 0 Å². The normalized spacial score (nSPS) is 34.5. The van der Waals surface area contributed by atoms with Gasteiger partial charge in [0.25, 0.3) is 0 Å². The Morgan fingerprint density at radius 2 is 2.05 bits per heavy atom. The van der Waals surface area contributed by atoms with Gasteiger partial charge in [0.15, 0.2) is 0 Å². The number of rotatable bonds is 6. The van der Waals surface area contributed by atoms with Gasteiger partial charge in [0, 0.05) is 25.2 Å². The fraction of sp³-hybridized carbons (Fsp3) is 1.00. The molecule has 1 saturated carbocycles. The molecule has 3 nitrogen and oxygen atoms in total. The van der Waals surface area contributed by atoms with E-state index in [0.717, 1.165) is 18.9 Å². The molecule has 0 aromatic heterocycles. The van der Waals surface area contributed by atoms with E-state index in [1.807, 2.05) is 0 Å². The summed E-state index contributed by atoms with van der Waals surface area (Å²) in [4.78, 5) is 2.68. The van der Waals surface area contributed by atoms with Crippen molar-refractivity contribution >= 4 is 0 Å². The quantitative estimate of drug-likeness (QED) is 0.786. The number of likely N-dealkylation sites (tertiary alicyclic amines) is 1. The van der Waals surface area contributed by atoms with Crippen LogP contribution < -0.4 is 5.32 Å². The van der Waals surface area contributed by atoms with Crippen molar-refractivity contribution in [1.29, 1.82) is 0 Å². The van der Waals surface area contributed by atoms with E-state index in [2.05, 4.69) is 31.0 Å². The summed E-state index contributed by atoms with van der Waals surface area (Å²) in [7, 11) is 0. The zero-order chi connectivity index (χ0) is 14.6. The minimum Gasteiger partial charge on any atom is -0.396 e. The Balaban J connectivity index is 1.96. The van der Waals surface area contributed by atoms with Crippen LogP contribution in [0, 0.1) is 11.3 Å². The molecular weight excluding hydrogens is 248 g/mol. The van der Waals surface area contributed by atoms with Crippen molar-refractivity contribution in [1.82, 2.24) is 10.2 Å². The molecule has 0 amide bonds. The van der Waals surface area contributed by atoms with Crippen LogP contribution >= 0.6 is 0 Å². The summed E-state index contributed by atoms with van der Waals surface area (Å²) in [5.41, 5.74) is 0.433. The van der Waals surface area contributed by atoms with Gasteiger partial charge < -0.3 is 10.4 Å². The highest BCUT2D eigenvalue weighted by atomic mass is 16.3. The Hall–Kier alpha value is -0.120. The first-order chi connectivity index (χ1) is 9.58. The van der Waals surface area contributed by atoms with Crippen molar-refractivity contribution in [3.63, 3.8) is 0 Å². The van der Waals surface area contributed by atoms with Crippen molar-refractivity contribution in [2.45, 2.75) is 71.4 Å². The van der Waals surface area contributed by atoms with Crippen LogP contribution in [0.5, 0.6) is 0 Å². The summed E-state index contributed by atoms with van der Waals surface area (Å²) in [6, 6.07) is 1.28. The number of piperidine rings is 1. The lowest BCUT2D eigenvalue weighted by molar-refractivity contribution is 0.0913. The molecule has 3 atom stereocenters. The molecule has 1 heterocycles. The molecule has 0 radical (unpaired) electrons. The van der Waals surface area contributed by atoms with E-state index in [9.17, 15) is 5.11 Å². The van der Waals surface area contributed by atoms with Gasteiger partial charge in [-0.2, -0.15) is 0 Å². The largest absolute Gasteiger partial charge is 0.396 e. The van der Waals surface area contributed by atoms with E-state index < -0.39 is 0 Å². The molecule has 0 aromatic carbocycles. The van der Waals surface area contributed by atoms with Crippen molar-refractivity contribution in [3.8, 4) is 0 Å². The average molecular weight is 282 g/mol. The zero-order valence-electron chi connectivity index (χ0n) is 13.7. The summed E-state index contributed by atoms with van der Waals surface area (Å²) >= 11 is 0. The smallest absolute Gasteiger partial charge is 0.0445 e. The van der Waals surface area contributed by atoms with E-state index >= 15 is 0 Å². The Morgan fingerprint density at radius 3 is 2.75 bits per heavy atom. The van der Waals surface area contributed by atoms with Gasteiger partial charge in [-0.1, -0.05) is 27.2 Å². The van der Waals surface area contributed by atoms with Crippen molar-refractivity contribution in [2.75, 3.05) is 26.2 Å². The number of nitrogens with one attached hydrogen (secondary N) is 1. The molecule has 118 valence electrons. The van der Waals surface area contributed by atoms with Crippen LogP contribution in [0.4, 0.5) is 0 Å². The predicted molar refractivity (Wildman–Crippen MR) is 84.9 cm³/mol. The first-order valence-corrected chi connectivity index (χ1v) is 8.66. The van der Waals surface area contributed by atoms with Gasteiger partial charge in [-0.25, -0.2) is 0 Å². The van der Waals surface area contributed by atoms with Crippen LogP contribution in [-0.2, 0) is 0 Å². The Kier molecular flexibility index (Phi) is 5.88. The lowest BCUT2D eigenvalue weighted by Gasteiger charge is -2.40. The summed E-state index contributed by atoms with van der Waals surface area (Å²) in [6.45, 7) is 10.9. The topological polar surface area (TPSA) is 35.5 Å². The van der Waals surface area contributed by atoms with Crippen molar-refractivity contribution in [3.05, 3.63) is 0 Å². The second-order valence-electron chi connectivity index (χ2n) is 7.48. The van der Waals surface area contributed by atoms with Crippen LogP contribution in [0.3, 0.4) is 0 Å². The lowest BCUT2D eigenvalue weighted by atomic mass is 9.84. The molecule has 0 aromatic rings. The molecule has 2 aliphatic rings. The summed E-state index contributed by atoms with van der Waals surface area (Å²) in [5.74, 6) is 0.782. The summed E-state index contributed by atoms with van der Waals surface area (Å²) < 4.78 is 0. The molecule has 1 saturated heterocycles. The molecule has 1 aliphatic heterocycles. The molecule has 0 spiro atoms. The Labute approximate surface area is 125 Å². The first-order valence-electron chi connectivity index (χ1n) is 8.66. The molecule has 2 rings (SSSR count). The number of hydrogen-bond acceptors (Lipinski definition) is 3. The van der Waals surface area contributed by atoms with Gasteiger partial charge in [0.05, 0.1) is 0 Å². The van der Waals surface area contributed by atoms with Crippen LogP contribution in [0.25, 0.3) is 0 Å². The second-order valence-corrected chi connectivity index (χ2v) is 7.48. The highest BCUT2D eigenvalue weighted by Gasteiger charge is 2.42. The molecule has 3 unspecified atom stereocenters. The summed E-state index contributed by atoms with van der Waals surface area (Å²) in [5, 5.41) is 13.0. The van der Waals surface area contributed by atoms with Gasteiger partial charge in [-0.15, -0.1) is 0 Å². The maximum Gasteiger partial charge on any atom is 0.0445 e. The minimum atomic E-state index is 0.341. The number of hydrogen-bond donors (Lipinski definition) is 2. The molecule has 2 N–H and O–H groups in total. The number of nitrogens with zero attached hydrogens (tertiary/aromatic N) is 1. The third-order valence-corrected chi connectivity index (χ3v) is 5.58. The second kappa shape index (κ2) is 7.24. The first kappa shape index (κ1) is 16.3. The molecule has 2 fully saturated rings. The average Bonchev–Trinajstić information content (AvgIpc) is 2.69. The van der Waals surface area contributed by atoms with Crippen LogP contribution in [0.1, 0.15) is 59.3 Å². The van der Waals surface area contributed by atoms with Gasteiger partial charge in [-0.3, -0.25) is 4.90 Å². The van der Waals surface area contributed by atoms with Crippen LogP contribution in [0.15, 0.2) is 0 Å². The third-order valence-electron chi connectivity index (χ3n) is 5.58. The van der Waals surface area contributed by atoms with Crippen LogP contribution in [-0.4, -0.2) is 48.3 Å². The fourth-order valence-electron chi connectivity index (χ4n) is 4.45. The minimum absolute atomic E-state index is 0.341. The fourth-order valence-corrected chi connectivity index (χ4v) is 4.45. The Morgan fingerprint density at radius 1 is 1.25 bits per heavy atom. The van der Waals surface area contributed by atoms with Gasteiger partial charge in [0.1, 0.15) is 0 Å². The molecule has 0 bridgehead atoms. The Bertz CT molecular complexity index is 291. The maximum atomic E-state index is 9.28. The van der Waals surface area contributed by atoms with Crippen molar-refractivity contribution in [2.24, 2.45) is 11.3 Å². The lowest BCUT2D eigenvalue weighted by Crippen LogP contribution is -2.49. The van der Waals surface area contributed by atoms with Gasteiger partial charge in [0.2, 0.25) is 0 Å².